The molecular weight excluding hydrogens is 366 g/mol. The molecule has 7 nitrogen and oxygen atoms in total. The number of nitrogens with zero attached hydrogens (tertiary/aromatic N) is 4. The van der Waals surface area contributed by atoms with Crippen LogP contribution in [0.2, 0.25) is 0 Å². The van der Waals surface area contributed by atoms with Crippen LogP contribution in [0.3, 0.4) is 0 Å². The van der Waals surface area contributed by atoms with Gasteiger partial charge in [-0.25, -0.2) is 9.78 Å². The minimum Gasteiger partial charge on any atom is -0.306 e. The van der Waals surface area contributed by atoms with Crippen LogP contribution in [0.1, 0.15) is 30.1 Å². The van der Waals surface area contributed by atoms with Crippen LogP contribution < -0.4 is 11.2 Å². The number of para-hydroxylation sites is 2. The molecule has 0 aliphatic carbocycles. The van der Waals surface area contributed by atoms with E-state index in [4.69, 9.17) is 4.98 Å². The number of hydrogen-bond donors (Lipinski definition) is 1. The van der Waals surface area contributed by atoms with Crippen molar-refractivity contribution in [3.63, 3.8) is 0 Å². The van der Waals surface area contributed by atoms with Crippen LogP contribution in [0.4, 0.5) is 0 Å². The van der Waals surface area contributed by atoms with Gasteiger partial charge in [-0.2, -0.15) is 0 Å². The van der Waals surface area contributed by atoms with Crippen molar-refractivity contribution in [3.05, 3.63) is 80.8 Å². The molecule has 0 saturated carbocycles. The van der Waals surface area contributed by atoms with Gasteiger partial charge in [-0.1, -0.05) is 18.2 Å². The van der Waals surface area contributed by atoms with E-state index in [2.05, 4.69) is 9.88 Å². The summed E-state index contributed by atoms with van der Waals surface area (Å²) in [6, 6.07) is 13.5. The van der Waals surface area contributed by atoms with E-state index >= 15 is 0 Å². The molecule has 7 heteroatoms. The summed E-state index contributed by atoms with van der Waals surface area (Å²) in [6.45, 7) is 4.35. The molecule has 3 aromatic heterocycles. The number of aromatic nitrogens is 4. The topological polar surface area (TPSA) is 75.4 Å². The van der Waals surface area contributed by atoms with E-state index in [0.29, 0.717) is 6.54 Å². The van der Waals surface area contributed by atoms with Gasteiger partial charge in [0, 0.05) is 37.9 Å². The molecule has 1 aliphatic heterocycles. The Bertz CT molecular complexity index is 1310. The summed E-state index contributed by atoms with van der Waals surface area (Å²) in [4.78, 5) is 34.9. The summed E-state index contributed by atoms with van der Waals surface area (Å²) in [7, 11) is 0. The van der Waals surface area contributed by atoms with Crippen molar-refractivity contribution < 1.29 is 0 Å². The van der Waals surface area contributed by atoms with Crippen LogP contribution in [0.25, 0.3) is 16.7 Å². The van der Waals surface area contributed by atoms with Gasteiger partial charge < -0.3 is 4.98 Å². The quantitative estimate of drug-likeness (QED) is 0.584. The van der Waals surface area contributed by atoms with Gasteiger partial charge in [0.1, 0.15) is 5.65 Å². The molecule has 0 amide bonds. The number of aromatic amines is 1. The molecule has 1 aromatic carbocycles. The third kappa shape index (κ3) is 3.17. The molecule has 5 rings (SSSR count). The number of nitrogens with one attached hydrogen (secondary N) is 1. The first-order valence-corrected chi connectivity index (χ1v) is 10.00. The van der Waals surface area contributed by atoms with Crippen LogP contribution >= 0.6 is 0 Å². The monoisotopic (exact) mass is 389 g/mol. The fraction of sp³-hybridized carbons (Fsp3) is 0.318. The minimum absolute atomic E-state index is 0.0376. The number of fused-ring (bicyclic) bond motifs is 2. The van der Waals surface area contributed by atoms with Gasteiger partial charge in [0.25, 0.3) is 5.56 Å². The van der Waals surface area contributed by atoms with Crippen molar-refractivity contribution in [2.45, 2.75) is 32.4 Å². The lowest BCUT2D eigenvalue weighted by molar-refractivity contribution is 0.178. The Kier molecular flexibility index (Phi) is 4.32. The highest BCUT2D eigenvalue weighted by molar-refractivity contribution is 5.75. The maximum Gasteiger partial charge on any atom is 0.326 e. The van der Waals surface area contributed by atoms with Crippen LogP contribution in [0, 0.1) is 6.92 Å². The molecule has 0 unspecified atom stereocenters. The van der Waals surface area contributed by atoms with Crippen molar-refractivity contribution >= 4 is 16.7 Å². The molecule has 29 heavy (non-hydrogen) atoms. The molecule has 0 atom stereocenters. The maximum atomic E-state index is 12.5. The largest absolute Gasteiger partial charge is 0.326 e. The second-order valence-electron chi connectivity index (χ2n) is 7.80. The predicted molar refractivity (Wildman–Crippen MR) is 112 cm³/mol. The number of likely N-dealkylation sites (tertiary alicyclic amines) is 1. The second-order valence-corrected chi connectivity index (χ2v) is 7.80. The Hall–Kier alpha value is -3.19. The Labute approximate surface area is 167 Å². The Morgan fingerprint density at radius 2 is 1.90 bits per heavy atom. The second kappa shape index (κ2) is 7.00. The summed E-state index contributed by atoms with van der Waals surface area (Å²) in [6.07, 6.45) is 3.55. The standard InChI is InChI=1S/C22H23N5O2/c1-15-5-4-10-26-20(28)13-16(23-21(15)26)14-25-11-8-17(9-12-25)27-19-7-3-2-6-18(19)24-22(27)29/h2-7,10,13,17H,8-9,11-12,14H2,1H3,(H,24,29). The molecule has 0 radical (unpaired) electrons. The molecular formula is C22H23N5O2. The number of hydrogen-bond acceptors (Lipinski definition) is 4. The Balaban J connectivity index is 1.34. The molecule has 1 N–H and O–H groups in total. The summed E-state index contributed by atoms with van der Waals surface area (Å²) in [5.74, 6) is 0. The van der Waals surface area contributed by atoms with Crippen molar-refractivity contribution in [1.29, 1.82) is 0 Å². The summed E-state index contributed by atoms with van der Waals surface area (Å²) < 4.78 is 3.49. The molecule has 148 valence electrons. The van der Waals surface area contributed by atoms with Gasteiger partial charge in [0.2, 0.25) is 0 Å². The summed E-state index contributed by atoms with van der Waals surface area (Å²) >= 11 is 0. The van der Waals surface area contributed by atoms with E-state index < -0.39 is 0 Å². The summed E-state index contributed by atoms with van der Waals surface area (Å²) in [5, 5.41) is 0. The number of rotatable bonds is 3. The van der Waals surface area contributed by atoms with Gasteiger partial charge in [0.05, 0.1) is 16.7 Å². The smallest absolute Gasteiger partial charge is 0.306 e. The normalized spacial score (nSPS) is 16.0. The van der Waals surface area contributed by atoms with Gasteiger partial charge in [-0.15, -0.1) is 0 Å². The fourth-order valence-corrected chi connectivity index (χ4v) is 4.39. The first-order valence-electron chi connectivity index (χ1n) is 10.00. The van der Waals surface area contributed by atoms with Crippen molar-refractivity contribution in [3.8, 4) is 0 Å². The van der Waals surface area contributed by atoms with E-state index in [1.54, 1.807) is 16.7 Å². The number of imidazole rings is 1. The van der Waals surface area contributed by atoms with E-state index in [9.17, 15) is 9.59 Å². The zero-order chi connectivity index (χ0) is 20.0. The number of benzene rings is 1. The lowest BCUT2D eigenvalue weighted by Crippen LogP contribution is -2.37. The first kappa shape index (κ1) is 17.9. The number of pyridine rings is 1. The summed E-state index contributed by atoms with van der Waals surface area (Å²) in [5.41, 5.74) is 4.27. The lowest BCUT2D eigenvalue weighted by Gasteiger charge is -2.32. The number of aryl methyl sites for hydroxylation is 1. The zero-order valence-electron chi connectivity index (χ0n) is 16.3. The van der Waals surface area contributed by atoms with Crippen LogP contribution in [0.15, 0.2) is 58.3 Å². The van der Waals surface area contributed by atoms with E-state index in [1.165, 1.54) is 0 Å². The average Bonchev–Trinajstić information content (AvgIpc) is 3.05. The Morgan fingerprint density at radius 1 is 1.10 bits per heavy atom. The van der Waals surface area contributed by atoms with E-state index in [0.717, 1.165) is 53.9 Å². The zero-order valence-corrected chi connectivity index (χ0v) is 16.3. The molecule has 4 heterocycles. The van der Waals surface area contributed by atoms with Gasteiger partial charge in [-0.3, -0.25) is 18.7 Å². The molecule has 1 aliphatic rings. The van der Waals surface area contributed by atoms with Crippen molar-refractivity contribution in [1.82, 2.24) is 23.8 Å². The highest BCUT2D eigenvalue weighted by Crippen LogP contribution is 2.25. The molecule has 0 spiro atoms. The highest BCUT2D eigenvalue weighted by Gasteiger charge is 2.24. The van der Waals surface area contributed by atoms with Crippen LogP contribution in [-0.2, 0) is 6.54 Å². The van der Waals surface area contributed by atoms with Gasteiger partial charge in [0.15, 0.2) is 0 Å². The molecule has 1 fully saturated rings. The molecule has 0 bridgehead atoms. The lowest BCUT2D eigenvalue weighted by atomic mass is 10.0. The average molecular weight is 389 g/mol. The Morgan fingerprint density at radius 3 is 2.72 bits per heavy atom. The minimum atomic E-state index is -0.0473. The third-order valence-electron chi connectivity index (χ3n) is 5.87. The van der Waals surface area contributed by atoms with Gasteiger partial charge >= 0.3 is 5.69 Å². The third-order valence-corrected chi connectivity index (χ3v) is 5.87. The van der Waals surface area contributed by atoms with Crippen LogP contribution in [-0.4, -0.2) is 36.9 Å². The van der Waals surface area contributed by atoms with Crippen LogP contribution in [0.5, 0.6) is 0 Å². The first-order chi connectivity index (χ1) is 14.1. The fourth-order valence-electron chi connectivity index (χ4n) is 4.39. The number of H-pyrrole nitrogens is 1. The predicted octanol–water partition coefficient (Wildman–Crippen LogP) is 2.48. The highest BCUT2D eigenvalue weighted by atomic mass is 16.1. The molecule has 1 saturated heterocycles. The maximum absolute atomic E-state index is 12.5. The van der Waals surface area contributed by atoms with E-state index in [1.807, 2.05) is 47.9 Å². The number of piperidine rings is 1. The SMILES string of the molecule is Cc1cccn2c(=O)cc(CN3CCC(n4c(=O)[nH]c5ccccc54)CC3)nc12. The van der Waals surface area contributed by atoms with Gasteiger partial charge in [-0.05, 0) is 43.5 Å². The van der Waals surface area contributed by atoms with E-state index in [-0.39, 0.29) is 17.3 Å². The van der Waals surface area contributed by atoms with Crippen molar-refractivity contribution in [2.24, 2.45) is 0 Å². The molecule has 4 aromatic rings. The van der Waals surface area contributed by atoms with Crippen molar-refractivity contribution in [2.75, 3.05) is 13.1 Å².